The fraction of sp³-hybridized carbons (Fsp3) is 0.538. The van der Waals surface area contributed by atoms with Gasteiger partial charge in [0, 0.05) is 12.7 Å². The molecule has 2 atom stereocenters. The van der Waals surface area contributed by atoms with Gasteiger partial charge in [0.25, 0.3) is 0 Å². The fourth-order valence-electron chi connectivity index (χ4n) is 2.40. The van der Waals surface area contributed by atoms with Crippen LogP contribution < -0.4 is 4.90 Å². The Hall–Kier alpha value is -1.02. The Kier molecular flexibility index (Phi) is 3.27. The van der Waals surface area contributed by atoms with Crippen LogP contribution in [0.25, 0.3) is 0 Å². The zero-order valence-corrected chi connectivity index (χ0v) is 9.26. The summed E-state index contributed by atoms with van der Waals surface area (Å²) in [6.45, 7) is 0. The van der Waals surface area contributed by atoms with Crippen molar-refractivity contribution >= 4 is 5.69 Å². The summed E-state index contributed by atoms with van der Waals surface area (Å²) in [5.74, 6) is 0. The maximum absolute atomic E-state index is 9.96. The largest absolute Gasteiger partial charge is 0.391 e. The summed E-state index contributed by atoms with van der Waals surface area (Å²) in [5, 5.41) is 9.96. The molecule has 0 unspecified atom stereocenters. The van der Waals surface area contributed by atoms with Crippen LogP contribution in [0.5, 0.6) is 0 Å². The van der Waals surface area contributed by atoms with Crippen molar-refractivity contribution in [2.45, 2.75) is 37.8 Å². The molecule has 0 aliphatic heterocycles. The predicted molar refractivity (Wildman–Crippen MR) is 63.1 cm³/mol. The fourth-order valence-corrected chi connectivity index (χ4v) is 2.40. The number of likely N-dealkylation sites (N-methyl/N-ethyl adjacent to an activating group) is 1. The highest BCUT2D eigenvalue weighted by molar-refractivity contribution is 5.46. The quantitative estimate of drug-likeness (QED) is 0.801. The topological polar surface area (TPSA) is 23.5 Å². The summed E-state index contributed by atoms with van der Waals surface area (Å²) in [5.41, 5.74) is 1.20. The number of anilines is 1. The molecule has 2 rings (SSSR count). The third kappa shape index (κ3) is 2.32. The van der Waals surface area contributed by atoms with Gasteiger partial charge in [-0.25, -0.2) is 0 Å². The molecule has 2 nitrogen and oxygen atoms in total. The number of benzene rings is 1. The highest BCUT2D eigenvalue weighted by atomic mass is 16.3. The van der Waals surface area contributed by atoms with Crippen molar-refractivity contribution in [1.29, 1.82) is 0 Å². The molecule has 0 aromatic heterocycles. The van der Waals surface area contributed by atoms with Gasteiger partial charge in [0.2, 0.25) is 0 Å². The van der Waals surface area contributed by atoms with Crippen molar-refractivity contribution in [3.05, 3.63) is 30.3 Å². The van der Waals surface area contributed by atoms with Crippen LogP contribution in [0.4, 0.5) is 5.69 Å². The van der Waals surface area contributed by atoms with Gasteiger partial charge in [0.05, 0.1) is 12.1 Å². The molecule has 0 saturated heterocycles. The summed E-state index contributed by atoms with van der Waals surface area (Å²) >= 11 is 0. The van der Waals surface area contributed by atoms with E-state index in [9.17, 15) is 5.11 Å². The lowest BCUT2D eigenvalue weighted by atomic mass is 9.91. The molecule has 0 amide bonds. The van der Waals surface area contributed by atoms with Crippen LogP contribution in [0.3, 0.4) is 0 Å². The zero-order valence-electron chi connectivity index (χ0n) is 9.26. The minimum atomic E-state index is -0.163. The number of para-hydroxylation sites is 1. The second-order valence-corrected chi connectivity index (χ2v) is 4.37. The summed E-state index contributed by atoms with van der Waals surface area (Å²) in [6.07, 6.45) is 4.29. The van der Waals surface area contributed by atoms with Gasteiger partial charge < -0.3 is 10.0 Å². The first-order chi connectivity index (χ1) is 7.29. The highest BCUT2D eigenvalue weighted by Crippen LogP contribution is 2.26. The van der Waals surface area contributed by atoms with Crippen LogP contribution in [0.1, 0.15) is 25.7 Å². The van der Waals surface area contributed by atoms with Gasteiger partial charge in [-0.3, -0.25) is 0 Å². The van der Waals surface area contributed by atoms with Gasteiger partial charge in [-0.15, -0.1) is 0 Å². The molecule has 1 saturated carbocycles. The van der Waals surface area contributed by atoms with Gasteiger partial charge in [-0.2, -0.15) is 0 Å². The van der Waals surface area contributed by atoms with E-state index in [0.29, 0.717) is 6.04 Å². The number of aliphatic hydroxyl groups is 1. The first-order valence-electron chi connectivity index (χ1n) is 5.75. The predicted octanol–water partition coefficient (Wildman–Crippen LogP) is 2.43. The van der Waals surface area contributed by atoms with Gasteiger partial charge >= 0.3 is 0 Å². The molecule has 1 N–H and O–H groups in total. The average molecular weight is 205 g/mol. The third-order valence-electron chi connectivity index (χ3n) is 3.35. The molecule has 1 aliphatic carbocycles. The van der Waals surface area contributed by atoms with Crippen LogP contribution in [-0.2, 0) is 0 Å². The van der Waals surface area contributed by atoms with E-state index in [-0.39, 0.29) is 6.10 Å². The molecule has 0 spiro atoms. The van der Waals surface area contributed by atoms with E-state index in [0.717, 1.165) is 12.8 Å². The monoisotopic (exact) mass is 205 g/mol. The molecule has 1 aromatic rings. The smallest absolute Gasteiger partial charge is 0.0743 e. The molecule has 0 heterocycles. The van der Waals surface area contributed by atoms with E-state index in [4.69, 9.17) is 0 Å². The average Bonchev–Trinajstić information content (AvgIpc) is 2.30. The Bertz CT molecular complexity index is 299. The Morgan fingerprint density at radius 3 is 2.47 bits per heavy atom. The van der Waals surface area contributed by atoms with E-state index in [1.54, 1.807) is 0 Å². The third-order valence-corrected chi connectivity index (χ3v) is 3.35. The first-order valence-corrected chi connectivity index (χ1v) is 5.75. The summed E-state index contributed by atoms with van der Waals surface area (Å²) < 4.78 is 0. The number of hydrogen-bond donors (Lipinski definition) is 1. The summed E-state index contributed by atoms with van der Waals surface area (Å²) in [7, 11) is 2.08. The molecule has 0 bridgehead atoms. The molecular weight excluding hydrogens is 186 g/mol. The number of hydrogen-bond acceptors (Lipinski definition) is 2. The van der Waals surface area contributed by atoms with Gasteiger partial charge in [0.15, 0.2) is 0 Å². The molecule has 1 fully saturated rings. The van der Waals surface area contributed by atoms with Crippen molar-refractivity contribution < 1.29 is 5.11 Å². The van der Waals surface area contributed by atoms with Gasteiger partial charge in [-0.05, 0) is 25.0 Å². The Morgan fingerprint density at radius 1 is 1.13 bits per heavy atom. The Labute approximate surface area is 91.5 Å². The van der Waals surface area contributed by atoms with E-state index in [1.165, 1.54) is 18.5 Å². The maximum Gasteiger partial charge on any atom is 0.0743 e. The van der Waals surface area contributed by atoms with E-state index >= 15 is 0 Å². The van der Waals surface area contributed by atoms with E-state index < -0.39 is 0 Å². The lowest BCUT2D eigenvalue weighted by molar-refractivity contribution is 0.106. The van der Waals surface area contributed by atoms with Gasteiger partial charge in [-0.1, -0.05) is 31.0 Å². The minimum absolute atomic E-state index is 0.163. The summed E-state index contributed by atoms with van der Waals surface area (Å²) in [4.78, 5) is 2.21. The zero-order chi connectivity index (χ0) is 10.7. The van der Waals surface area contributed by atoms with Crippen LogP contribution in [0.15, 0.2) is 30.3 Å². The lowest BCUT2D eigenvalue weighted by Crippen LogP contribution is -2.43. The molecular formula is C13H19NO. The normalized spacial score (nSPS) is 26.3. The second kappa shape index (κ2) is 4.67. The molecule has 1 aromatic carbocycles. The van der Waals surface area contributed by atoms with Crippen molar-refractivity contribution in [3.63, 3.8) is 0 Å². The maximum atomic E-state index is 9.96. The van der Waals surface area contributed by atoms with Crippen LogP contribution in [-0.4, -0.2) is 24.3 Å². The molecule has 82 valence electrons. The number of aliphatic hydroxyl groups excluding tert-OH is 1. The highest BCUT2D eigenvalue weighted by Gasteiger charge is 2.26. The standard InChI is InChI=1S/C13H19NO/c1-14(11-7-3-2-4-8-11)12-9-5-6-10-13(12)15/h2-4,7-8,12-13,15H,5-6,9-10H2,1H3/t12-,13-/m0/s1. The van der Waals surface area contributed by atoms with Crippen molar-refractivity contribution in [1.82, 2.24) is 0 Å². The lowest BCUT2D eigenvalue weighted by Gasteiger charge is -2.36. The van der Waals surface area contributed by atoms with Crippen molar-refractivity contribution in [2.75, 3.05) is 11.9 Å². The Balaban J connectivity index is 2.09. The van der Waals surface area contributed by atoms with Crippen LogP contribution in [0, 0.1) is 0 Å². The Morgan fingerprint density at radius 2 is 1.80 bits per heavy atom. The number of nitrogens with zero attached hydrogens (tertiary/aromatic N) is 1. The van der Waals surface area contributed by atoms with Crippen LogP contribution >= 0.6 is 0 Å². The second-order valence-electron chi connectivity index (χ2n) is 4.37. The van der Waals surface area contributed by atoms with Gasteiger partial charge in [0.1, 0.15) is 0 Å². The first kappa shape index (κ1) is 10.5. The van der Waals surface area contributed by atoms with E-state index in [1.807, 2.05) is 18.2 Å². The molecule has 15 heavy (non-hydrogen) atoms. The van der Waals surface area contributed by atoms with Crippen molar-refractivity contribution in [3.8, 4) is 0 Å². The summed E-state index contributed by atoms with van der Waals surface area (Å²) in [6, 6.07) is 10.6. The number of rotatable bonds is 2. The molecule has 1 aliphatic rings. The van der Waals surface area contributed by atoms with Crippen molar-refractivity contribution in [2.24, 2.45) is 0 Å². The molecule has 2 heteroatoms. The van der Waals surface area contributed by atoms with E-state index in [2.05, 4.69) is 24.1 Å². The van der Waals surface area contributed by atoms with Crippen LogP contribution in [0.2, 0.25) is 0 Å². The minimum Gasteiger partial charge on any atom is -0.391 e. The SMILES string of the molecule is CN(c1ccccc1)[C@H]1CCCC[C@@H]1O. The molecule has 0 radical (unpaired) electrons.